The first-order valence-electron chi connectivity index (χ1n) is 7.19. The first-order valence-corrected chi connectivity index (χ1v) is 7.19. The predicted octanol–water partition coefficient (Wildman–Crippen LogP) is 1.25. The van der Waals surface area contributed by atoms with Crippen molar-refractivity contribution in [3.05, 3.63) is 0 Å². The van der Waals surface area contributed by atoms with Gasteiger partial charge in [-0.05, 0) is 61.7 Å². The fourth-order valence-electron chi connectivity index (χ4n) is 5.51. The largest absolute Gasteiger partial charge is 0.480 e. The van der Waals surface area contributed by atoms with E-state index in [1.165, 1.54) is 24.3 Å². The van der Waals surface area contributed by atoms with Crippen LogP contribution in [0, 0.1) is 23.2 Å². The number of aliphatic carboxylic acids is 1. The molecule has 0 aliphatic heterocycles. The molecule has 4 aliphatic rings. The van der Waals surface area contributed by atoms with E-state index >= 15 is 0 Å². The van der Waals surface area contributed by atoms with Gasteiger partial charge in [0, 0.05) is 7.05 Å². The highest BCUT2D eigenvalue weighted by molar-refractivity contribution is 5.75. The molecule has 1 atom stereocenters. The van der Waals surface area contributed by atoms with Gasteiger partial charge in [-0.3, -0.25) is 15.0 Å². The van der Waals surface area contributed by atoms with Crippen molar-refractivity contribution < 1.29 is 14.7 Å². The zero-order chi connectivity index (χ0) is 13.6. The van der Waals surface area contributed by atoms with Crippen molar-refractivity contribution >= 4 is 12.4 Å². The summed E-state index contributed by atoms with van der Waals surface area (Å²) in [7, 11) is 1.67. The molecule has 0 spiro atoms. The minimum Gasteiger partial charge on any atom is -0.480 e. The van der Waals surface area contributed by atoms with Crippen LogP contribution in [0.4, 0.5) is 0 Å². The van der Waals surface area contributed by atoms with E-state index in [1.54, 1.807) is 7.05 Å². The van der Waals surface area contributed by atoms with Crippen LogP contribution in [-0.2, 0) is 9.59 Å². The number of likely N-dealkylation sites (N-methyl/N-ethyl adjacent to an activating group) is 1. The zero-order valence-electron chi connectivity index (χ0n) is 11.3. The first-order chi connectivity index (χ1) is 9.04. The van der Waals surface area contributed by atoms with Crippen LogP contribution in [0.15, 0.2) is 0 Å². The molecule has 1 unspecified atom stereocenters. The lowest BCUT2D eigenvalue weighted by atomic mass is 9.47. The van der Waals surface area contributed by atoms with Gasteiger partial charge in [-0.15, -0.1) is 0 Å². The van der Waals surface area contributed by atoms with Crippen molar-refractivity contribution in [2.45, 2.75) is 44.6 Å². The van der Waals surface area contributed by atoms with Crippen molar-refractivity contribution in [3.8, 4) is 0 Å². The highest BCUT2D eigenvalue weighted by Crippen LogP contribution is 2.61. The van der Waals surface area contributed by atoms with E-state index in [9.17, 15) is 14.7 Å². The Morgan fingerprint density at radius 1 is 1.26 bits per heavy atom. The Hall–Kier alpha value is -1.10. The Bertz CT molecular complexity index is 361. The highest BCUT2D eigenvalue weighted by atomic mass is 16.4. The minimum absolute atomic E-state index is 0.134. The standard InChI is InChI=1S/C14H22N2O3/c1-16(15-8-17)12(13(18)19)14-5-9-2-10(6-14)4-11(3-9)7-14/h8-12H,2-7H2,1H3,(H,15,17)(H,18,19). The average molecular weight is 266 g/mol. The number of rotatable bonds is 5. The van der Waals surface area contributed by atoms with Gasteiger partial charge in [0.05, 0.1) is 0 Å². The quantitative estimate of drug-likeness (QED) is 0.580. The van der Waals surface area contributed by atoms with Gasteiger partial charge in [-0.2, -0.15) is 0 Å². The summed E-state index contributed by atoms with van der Waals surface area (Å²) >= 11 is 0. The topological polar surface area (TPSA) is 69.6 Å². The summed E-state index contributed by atoms with van der Waals surface area (Å²) in [6, 6.07) is -0.592. The number of hydrogen-bond donors (Lipinski definition) is 2. The van der Waals surface area contributed by atoms with E-state index in [0.29, 0.717) is 24.2 Å². The summed E-state index contributed by atoms with van der Waals surface area (Å²) in [5, 5.41) is 11.1. The summed E-state index contributed by atoms with van der Waals surface area (Å²) in [6.07, 6.45) is 7.47. The molecule has 106 valence electrons. The van der Waals surface area contributed by atoms with Crippen LogP contribution in [0.1, 0.15) is 38.5 Å². The Balaban J connectivity index is 1.89. The maximum Gasteiger partial charge on any atom is 0.323 e. The van der Waals surface area contributed by atoms with Crippen molar-refractivity contribution in [2.24, 2.45) is 23.2 Å². The number of hydrazine groups is 1. The fraction of sp³-hybridized carbons (Fsp3) is 0.857. The maximum atomic E-state index is 11.7. The van der Waals surface area contributed by atoms with Crippen LogP contribution in [0.25, 0.3) is 0 Å². The van der Waals surface area contributed by atoms with Gasteiger partial charge in [-0.25, -0.2) is 5.01 Å². The maximum absolute atomic E-state index is 11.7. The van der Waals surface area contributed by atoms with E-state index in [-0.39, 0.29) is 5.41 Å². The van der Waals surface area contributed by atoms with Gasteiger partial charge in [-0.1, -0.05) is 0 Å². The summed E-state index contributed by atoms with van der Waals surface area (Å²) < 4.78 is 0. The van der Waals surface area contributed by atoms with E-state index < -0.39 is 12.0 Å². The number of nitrogens with one attached hydrogen (secondary N) is 1. The van der Waals surface area contributed by atoms with E-state index in [0.717, 1.165) is 19.3 Å². The summed E-state index contributed by atoms with van der Waals surface area (Å²) in [5.41, 5.74) is 2.39. The molecule has 0 heterocycles. The highest BCUT2D eigenvalue weighted by Gasteiger charge is 2.57. The molecule has 0 radical (unpaired) electrons. The van der Waals surface area contributed by atoms with Gasteiger partial charge in [0.2, 0.25) is 6.41 Å². The van der Waals surface area contributed by atoms with Gasteiger partial charge >= 0.3 is 5.97 Å². The molecule has 0 aromatic heterocycles. The van der Waals surface area contributed by atoms with Crippen molar-refractivity contribution in [2.75, 3.05) is 7.05 Å². The summed E-state index contributed by atoms with van der Waals surface area (Å²) in [5.74, 6) is 1.31. The number of carbonyl (C=O) groups is 2. The monoisotopic (exact) mass is 266 g/mol. The lowest BCUT2D eigenvalue weighted by molar-refractivity contribution is -0.163. The second kappa shape index (κ2) is 4.47. The zero-order valence-corrected chi connectivity index (χ0v) is 11.3. The number of carboxylic acids is 1. The molecule has 4 aliphatic carbocycles. The lowest BCUT2D eigenvalue weighted by Gasteiger charge is -2.59. The third-order valence-electron chi connectivity index (χ3n) is 5.54. The van der Waals surface area contributed by atoms with Crippen LogP contribution in [-0.4, -0.2) is 35.6 Å². The Morgan fingerprint density at radius 2 is 1.74 bits per heavy atom. The van der Waals surface area contributed by atoms with Crippen LogP contribution in [0.3, 0.4) is 0 Å². The van der Waals surface area contributed by atoms with Crippen molar-refractivity contribution in [1.29, 1.82) is 0 Å². The van der Waals surface area contributed by atoms with E-state index in [4.69, 9.17) is 0 Å². The van der Waals surface area contributed by atoms with Crippen LogP contribution in [0.2, 0.25) is 0 Å². The van der Waals surface area contributed by atoms with E-state index in [1.807, 2.05) is 0 Å². The fourth-order valence-corrected chi connectivity index (χ4v) is 5.51. The first kappa shape index (κ1) is 12.9. The third kappa shape index (κ3) is 2.04. The third-order valence-corrected chi connectivity index (χ3v) is 5.54. The number of nitrogens with zero attached hydrogens (tertiary/aromatic N) is 1. The number of carbonyl (C=O) groups excluding carboxylic acids is 1. The minimum atomic E-state index is -0.807. The summed E-state index contributed by atoms with van der Waals surface area (Å²) in [4.78, 5) is 22.4. The van der Waals surface area contributed by atoms with Gasteiger partial charge in [0.1, 0.15) is 6.04 Å². The van der Waals surface area contributed by atoms with Crippen molar-refractivity contribution in [1.82, 2.24) is 10.4 Å². The number of hydrogen-bond acceptors (Lipinski definition) is 3. The molecule has 19 heavy (non-hydrogen) atoms. The van der Waals surface area contributed by atoms with Gasteiger partial charge < -0.3 is 5.11 Å². The molecule has 4 rings (SSSR count). The van der Waals surface area contributed by atoms with Gasteiger partial charge in [0.25, 0.3) is 0 Å². The number of carboxylic acid groups (broad SMARTS) is 1. The molecule has 1 amide bonds. The van der Waals surface area contributed by atoms with E-state index in [2.05, 4.69) is 5.43 Å². The molecule has 0 aromatic rings. The molecule has 0 saturated heterocycles. The molecule has 2 N–H and O–H groups in total. The van der Waals surface area contributed by atoms with Crippen molar-refractivity contribution in [3.63, 3.8) is 0 Å². The second-order valence-corrected chi connectivity index (χ2v) is 6.88. The van der Waals surface area contributed by atoms with Crippen LogP contribution >= 0.6 is 0 Å². The number of amides is 1. The molecule has 4 saturated carbocycles. The smallest absolute Gasteiger partial charge is 0.323 e. The molecule has 0 aromatic carbocycles. The molecule has 5 nitrogen and oxygen atoms in total. The molecule has 4 fully saturated rings. The lowest BCUT2D eigenvalue weighted by Crippen LogP contribution is -2.61. The molecule has 5 heteroatoms. The second-order valence-electron chi connectivity index (χ2n) is 6.88. The normalized spacial score (nSPS) is 41.3. The van der Waals surface area contributed by atoms with Crippen LogP contribution in [0.5, 0.6) is 0 Å². The van der Waals surface area contributed by atoms with Gasteiger partial charge in [0.15, 0.2) is 0 Å². The Labute approximate surface area is 113 Å². The Morgan fingerprint density at radius 3 is 2.11 bits per heavy atom. The molecular formula is C14H22N2O3. The summed E-state index contributed by atoms with van der Waals surface area (Å²) in [6.45, 7) is 0. The van der Waals surface area contributed by atoms with Crippen LogP contribution < -0.4 is 5.43 Å². The molecular weight excluding hydrogens is 244 g/mol. The predicted molar refractivity (Wildman–Crippen MR) is 69.0 cm³/mol. The average Bonchev–Trinajstić information content (AvgIpc) is 2.25. The SMILES string of the molecule is CN(NC=O)C(C(=O)O)C12CC3CC(CC(C3)C1)C2. The Kier molecular flexibility index (Phi) is 3.04. The molecule has 4 bridgehead atoms.